The second kappa shape index (κ2) is 9.07. The van der Waals surface area contributed by atoms with Gasteiger partial charge in [-0.2, -0.15) is 0 Å². The summed E-state index contributed by atoms with van der Waals surface area (Å²) in [5, 5.41) is 1.02. The normalized spacial score (nSPS) is 21.1. The number of nitrogens with zero attached hydrogens (tertiary/aromatic N) is 1. The molecule has 0 aromatic heterocycles. The lowest BCUT2D eigenvalue weighted by atomic mass is 9.80. The quantitative estimate of drug-likeness (QED) is 0.566. The second-order valence-electron chi connectivity index (χ2n) is 6.55. The smallest absolute Gasteiger partial charge is 0.222 e. The highest BCUT2D eigenvalue weighted by Gasteiger charge is 2.32. The molecule has 1 aliphatic heterocycles. The fraction of sp³-hybridized carbons (Fsp3) is 0.941. The van der Waals surface area contributed by atoms with Crippen LogP contribution in [0, 0.1) is 11.3 Å². The van der Waals surface area contributed by atoms with Gasteiger partial charge >= 0.3 is 0 Å². The van der Waals surface area contributed by atoms with E-state index < -0.39 is 0 Å². The number of likely N-dealkylation sites (tertiary alicyclic amines) is 1. The number of carbonyl (C=O) groups excluding carboxylic acids is 1. The molecule has 0 aliphatic carbocycles. The predicted octanol–water partition coefficient (Wildman–Crippen LogP) is 5.01. The van der Waals surface area contributed by atoms with E-state index in [9.17, 15) is 4.79 Å². The lowest BCUT2D eigenvalue weighted by molar-refractivity contribution is -0.132. The number of carbonyl (C=O) groups is 1. The Morgan fingerprint density at radius 1 is 1.20 bits per heavy atom. The molecular formula is C17H32BrNO. The van der Waals surface area contributed by atoms with E-state index >= 15 is 0 Å². The molecule has 1 heterocycles. The van der Waals surface area contributed by atoms with E-state index in [4.69, 9.17) is 0 Å². The standard InChI is InChI=1S/C17H32BrNO/c1-4-10-17(13-18,11-5-2)14-19-12-9-15(6-3)7-8-16(19)20/h15H,4-14H2,1-3H3. The molecular weight excluding hydrogens is 314 g/mol. The number of halogens is 1. The molecule has 20 heavy (non-hydrogen) atoms. The van der Waals surface area contributed by atoms with Crippen LogP contribution in [0.4, 0.5) is 0 Å². The maximum absolute atomic E-state index is 12.4. The van der Waals surface area contributed by atoms with Crippen molar-refractivity contribution < 1.29 is 4.79 Å². The highest BCUT2D eigenvalue weighted by Crippen LogP contribution is 2.34. The largest absolute Gasteiger partial charge is 0.342 e. The Labute approximate surface area is 133 Å². The summed E-state index contributed by atoms with van der Waals surface area (Å²) in [6.45, 7) is 8.69. The van der Waals surface area contributed by atoms with Gasteiger partial charge in [0.2, 0.25) is 5.91 Å². The minimum absolute atomic E-state index is 0.283. The number of alkyl halides is 1. The first-order valence-electron chi connectivity index (χ1n) is 8.44. The van der Waals surface area contributed by atoms with Crippen molar-refractivity contribution in [2.45, 2.75) is 72.1 Å². The van der Waals surface area contributed by atoms with Gasteiger partial charge in [0.05, 0.1) is 0 Å². The molecule has 0 aromatic carbocycles. The Morgan fingerprint density at radius 3 is 2.35 bits per heavy atom. The van der Waals surface area contributed by atoms with E-state index in [1.54, 1.807) is 0 Å². The minimum atomic E-state index is 0.283. The van der Waals surface area contributed by atoms with Crippen LogP contribution in [0.5, 0.6) is 0 Å². The molecule has 118 valence electrons. The Hall–Kier alpha value is -0.0500. The van der Waals surface area contributed by atoms with Gasteiger partial charge in [-0.05, 0) is 37.0 Å². The zero-order valence-electron chi connectivity index (χ0n) is 13.6. The van der Waals surface area contributed by atoms with Gasteiger partial charge in [-0.15, -0.1) is 0 Å². The summed E-state index contributed by atoms with van der Waals surface area (Å²) in [4.78, 5) is 14.6. The maximum Gasteiger partial charge on any atom is 0.222 e. The van der Waals surface area contributed by atoms with E-state index in [-0.39, 0.29) is 5.41 Å². The van der Waals surface area contributed by atoms with Crippen LogP contribution < -0.4 is 0 Å². The van der Waals surface area contributed by atoms with Crippen molar-refractivity contribution in [3.8, 4) is 0 Å². The molecule has 1 aliphatic rings. The second-order valence-corrected chi connectivity index (χ2v) is 7.11. The van der Waals surface area contributed by atoms with Crippen molar-refractivity contribution >= 4 is 21.8 Å². The van der Waals surface area contributed by atoms with Crippen molar-refractivity contribution in [3.63, 3.8) is 0 Å². The molecule has 2 nitrogen and oxygen atoms in total. The summed E-state index contributed by atoms with van der Waals surface area (Å²) in [5.74, 6) is 1.14. The van der Waals surface area contributed by atoms with E-state index in [1.807, 2.05) is 0 Å². The van der Waals surface area contributed by atoms with Gasteiger partial charge in [0.15, 0.2) is 0 Å². The summed E-state index contributed by atoms with van der Waals surface area (Å²) in [7, 11) is 0. The van der Waals surface area contributed by atoms with Crippen molar-refractivity contribution in [2.75, 3.05) is 18.4 Å². The lowest BCUT2D eigenvalue weighted by Crippen LogP contribution is -2.42. The van der Waals surface area contributed by atoms with Crippen molar-refractivity contribution in [3.05, 3.63) is 0 Å². The van der Waals surface area contributed by atoms with E-state index in [2.05, 4.69) is 41.6 Å². The van der Waals surface area contributed by atoms with Gasteiger partial charge in [0.1, 0.15) is 0 Å². The zero-order valence-corrected chi connectivity index (χ0v) is 15.2. The zero-order chi connectivity index (χ0) is 15.0. The van der Waals surface area contributed by atoms with E-state index in [1.165, 1.54) is 38.5 Å². The van der Waals surface area contributed by atoms with Crippen molar-refractivity contribution in [1.82, 2.24) is 4.90 Å². The molecule has 1 amide bonds. The topological polar surface area (TPSA) is 20.3 Å². The minimum Gasteiger partial charge on any atom is -0.342 e. The van der Waals surface area contributed by atoms with Crippen LogP contribution in [-0.2, 0) is 4.79 Å². The van der Waals surface area contributed by atoms with E-state index in [0.717, 1.165) is 37.2 Å². The van der Waals surface area contributed by atoms with Gasteiger partial charge in [-0.1, -0.05) is 56.0 Å². The summed E-state index contributed by atoms with van der Waals surface area (Å²) in [6.07, 6.45) is 9.09. The van der Waals surface area contributed by atoms with Crippen molar-refractivity contribution in [2.24, 2.45) is 11.3 Å². The Bertz CT molecular complexity index is 287. The van der Waals surface area contributed by atoms with Crippen LogP contribution in [-0.4, -0.2) is 29.2 Å². The molecule has 0 saturated carbocycles. The number of rotatable bonds is 8. The fourth-order valence-electron chi connectivity index (χ4n) is 3.59. The molecule has 1 unspecified atom stereocenters. The molecule has 3 heteroatoms. The van der Waals surface area contributed by atoms with Crippen LogP contribution in [0.3, 0.4) is 0 Å². The third-order valence-corrected chi connectivity index (χ3v) is 6.06. The monoisotopic (exact) mass is 345 g/mol. The van der Waals surface area contributed by atoms with Crippen LogP contribution >= 0.6 is 15.9 Å². The molecule has 0 aromatic rings. The first-order chi connectivity index (χ1) is 9.60. The van der Waals surface area contributed by atoms with Crippen LogP contribution in [0.2, 0.25) is 0 Å². The molecule has 1 fully saturated rings. The van der Waals surface area contributed by atoms with Gasteiger partial charge in [-0.25, -0.2) is 0 Å². The number of hydrogen-bond donors (Lipinski definition) is 0. The molecule has 0 spiro atoms. The first kappa shape index (κ1) is 18.0. The highest BCUT2D eigenvalue weighted by atomic mass is 79.9. The molecule has 0 radical (unpaired) electrons. The van der Waals surface area contributed by atoms with Crippen LogP contribution in [0.15, 0.2) is 0 Å². The average Bonchev–Trinajstić information content (AvgIpc) is 2.62. The number of hydrogen-bond acceptors (Lipinski definition) is 1. The highest BCUT2D eigenvalue weighted by molar-refractivity contribution is 9.09. The van der Waals surface area contributed by atoms with Gasteiger partial charge in [0.25, 0.3) is 0 Å². The third-order valence-electron chi connectivity index (χ3n) is 4.87. The Morgan fingerprint density at radius 2 is 1.85 bits per heavy atom. The van der Waals surface area contributed by atoms with Gasteiger partial charge in [-0.3, -0.25) is 4.79 Å². The van der Waals surface area contributed by atoms with Crippen molar-refractivity contribution in [1.29, 1.82) is 0 Å². The summed E-state index contributed by atoms with van der Waals surface area (Å²) < 4.78 is 0. The molecule has 1 rings (SSSR count). The number of amides is 1. The fourth-order valence-corrected chi connectivity index (χ4v) is 4.33. The van der Waals surface area contributed by atoms with E-state index in [0.29, 0.717) is 5.91 Å². The Kier molecular flexibility index (Phi) is 8.16. The van der Waals surface area contributed by atoms with Gasteiger partial charge in [0, 0.05) is 24.8 Å². The molecule has 0 bridgehead atoms. The lowest BCUT2D eigenvalue weighted by Gasteiger charge is -2.37. The SMILES string of the molecule is CCCC(CBr)(CCC)CN1CCC(CC)CCC1=O. The molecule has 1 saturated heterocycles. The van der Waals surface area contributed by atoms with Gasteiger partial charge < -0.3 is 4.90 Å². The summed E-state index contributed by atoms with van der Waals surface area (Å²) in [5.41, 5.74) is 0.283. The van der Waals surface area contributed by atoms with Crippen LogP contribution in [0.25, 0.3) is 0 Å². The summed E-state index contributed by atoms with van der Waals surface area (Å²) >= 11 is 3.73. The molecule has 1 atom stereocenters. The maximum atomic E-state index is 12.4. The molecule has 0 N–H and O–H groups in total. The average molecular weight is 346 g/mol. The predicted molar refractivity (Wildman–Crippen MR) is 90.3 cm³/mol. The third kappa shape index (κ3) is 5.05. The van der Waals surface area contributed by atoms with Crippen LogP contribution in [0.1, 0.15) is 72.1 Å². The Balaban J connectivity index is 2.72. The first-order valence-corrected chi connectivity index (χ1v) is 9.56. The summed E-state index contributed by atoms with van der Waals surface area (Å²) in [6, 6.07) is 0.